The van der Waals surface area contributed by atoms with Crippen LogP contribution in [0, 0.1) is 12.7 Å². The summed E-state index contributed by atoms with van der Waals surface area (Å²) in [6.45, 7) is 5.36. The van der Waals surface area contributed by atoms with Gasteiger partial charge in [0, 0.05) is 11.2 Å². The lowest BCUT2D eigenvalue weighted by molar-refractivity contribution is 0.0912. The van der Waals surface area contributed by atoms with Crippen molar-refractivity contribution in [1.82, 2.24) is 15.5 Å². The Labute approximate surface area is 142 Å². The van der Waals surface area contributed by atoms with Gasteiger partial charge in [-0.1, -0.05) is 22.8 Å². The smallest absolute Gasteiger partial charge is 0.257 e. The summed E-state index contributed by atoms with van der Waals surface area (Å²) in [5.74, 6) is -0.751. The second-order valence-electron chi connectivity index (χ2n) is 6.05. The summed E-state index contributed by atoms with van der Waals surface area (Å²) in [4.78, 5) is 16.7. The van der Waals surface area contributed by atoms with Crippen LogP contribution in [0.3, 0.4) is 0 Å². The minimum Gasteiger partial charge on any atom is -0.343 e. The molecule has 0 spiro atoms. The first-order valence-electron chi connectivity index (χ1n) is 7.28. The molecule has 0 unspecified atom stereocenters. The van der Waals surface area contributed by atoms with Crippen LogP contribution in [0.25, 0.3) is 11.1 Å². The minimum atomic E-state index is -0.791. The highest BCUT2D eigenvalue weighted by Gasteiger charge is 2.26. The molecule has 0 fully saturated rings. The SMILES string of the molecule is Cc1noc2ncc(C(=O)NC(C)(C)c3ccc(F)cc3Cl)cc12. The molecule has 0 aliphatic carbocycles. The first kappa shape index (κ1) is 16.4. The molecule has 2 heterocycles. The summed E-state index contributed by atoms with van der Waals surface area (Å²) < 4.78 is 18.3. The fraction of sp³-hybridized carbons (Fsp3) is 0.235. The van der Waals surface area contributed by atoms with E-state index in [1.165, 1.54) is 18.3 Å². The van der Waals surface area contributed by atoms with Gasteiger partial charge >= 0.3 is 0 Å². The van der Waals surface area contributed by atoms with Gasteiger partial charge in [0.1, 0.15) is 5.82 Å². The van der Waals surface area contributed by atoms with Gasteiger partial charge in [-0.3, -0.25) is 4.79 Å². The molecule has 1 amide bonds. The number of fused-ring (bicyclic) bond motifs is 1. The zero-order valence-electron chi connectivity index (χ0n) is 13.4. The molecular weight excluding hydrogens is 333 g/mol. The molecule has 0 atom stereocenters. The third-order valence-corrected chi connectivity index (χ3v) is 4.12. The van der Waals surface area contributed by atoms with Gasteiger partial charge in [0.2, 0.25) is 0 Å². The second-order valence-corrected chi connectivity index (χ2v) is 6.46. The van der Waals surface area contributed by atoms with Crippen molar-refractivity contribution in [2.75, 3.05) is 0 Å². The van der Waals surface area contributed by atoms with E-state index >= 15 is 0 Å². The summed E-state index contributed by atoms with van der Waals surface area (Å²) in [6, 6.07) is 5.76. The Morgan fingerprint density at radius 2 is 2.08 bits per heavy atom. The molecule has 3 rings (SSSR count). The van der Waals surface area contributed by atoms with E-state index < -0.39 is 11.4 Å². The van der Waals surface area contributed by atoms with Crippen molar-refractivity contribution in [2.45, 2.75) is 26.3 Å². The molecule has 0 aliphatic rings. The van der Waals surface area contributed by atoms with Crippen molar-refractivity contribution in [3.63, 3.8) is 0 Å². The van der Waals surface area contributed by atoms with Crippen LogP contribution < -0.4 is 5.32 Å². The number of benzene rings is 1. The summed E-state index contributed by atoms with van der Waals surface area (Å²) >= 11 is 6.10. The Bertz CT molecular complexity index is 937. The van der Waals surface area contributed by atoms with Crippen molar-refractivity contribution >= 4 is 28.6 Å². The summed E-state index contributed by atoms with van der Waals surface area (Å²) in [5, 5.41) is 7.64. The van der Waals surface area contributed by atoms with Crippen molar-refractivity contribution in [3.8, 4) is 0 Å². The normalized spacial score (nSPS) is 11.7. The molecule has 24 heavy (non-hydrogen) atoms. The van der Waals surface area contributed by atoms with Crippen LogP contribution in [0.2, 0.25) is 5.02 Å². The Balaban J connectivity index is 1.90. The fourth-order valence-electron chi connectivity index (χ4n) is 2.49. The minimum absolute atomic E-state index is 0.253. The van der Waals surface area contributed by atoms with E-state index in [-0.39, 0.29) is 10.9 Å². The number of nitrogens with one attached hydrogen (secondary N) is 1. The van der Waals surface area contributed by atoms with E-state index in [1.54, 1.807) is 32.9 Å². The number of aryl methyl sites for hydroxylation is 1. The predicted octanol–water partition coefficient (Wildman–Crippen LogP) is 3.99. The number of aromatic nitrogens is 2. The highest BCUT2D eigenvalue weighted by Crippen LogP contribution is 2.29. The van der Waals surface area contributed by atoms with Gasteiger partial charge in [0.15, 0.2) is 0 Å². The lowest BCUT2D eigenvalue weighted by Crippen LogP contribution is -2.41. The van der Waals surface area contributed by atoms with Crippen LogP contribution >= 0.6 is 11.6 Å². The number of nitrogens with zero attached hydrogens (tertiary/aromatic N) is 2. The number of amides is 1. The maximum Gasteiger partial charge on any atom is 0.257 e. The number of hydrogen-bond donors (Lipinski definition) is 1. The van der Waals surface area contributed by atoms with E-state index in [0.29, 0.717) is 27.9 Å². The molecule has 5 nitrogen and oxygen atoms in total. The van der Waals surface area contributed by atoms with Crippen LogP contribution in [0.15, 0.2) is 35.0 Å². The number of hydrogen-bond acceptors (Lipinski definition) is 4. The predicted molar refractivity (Wildman–Crippen MR) is 88.4 cm³/mol. The number of pyridine rings is 1. The molecule has 7 heteroatoms. The topological polar surface area (TPSA) is 68.0 Å². The van der Waals surface area contributed by atoms with Gasteiger partial charge in [-0.15, -0.1) is 0 Å². The largest absolute Gasteiger partial charge is 0.343 e. The van der Waals surface area contributed by atoms with Crippen molar-refractivity contribution < 1.29 is 13.7 Å². The monoisotopic (exact) mass is 347 g/mol. The molecule has 124 valence electrons. The van der Waals surface area contributed by atoms with Crippen LogP contribution in [-0.2, 0) is 5.54 Å². The van der Waals surface area contributed by atoms with Crippen LogP contribution in [0.4, 0.5) is 4.39 Å². The molecular formula is C17H15ClFN3O2. The van der Waals surface area contributed by atoms with Gasteiger partial charge < -0.3 is 9.84 Å². The Morgan fingerprint density at radius 1 is 1.33 bits per heavy atom. The highest BCUT2D eigenvalue weighted by atomic mass is 35.5. The lowest BCUT2D eigenvalue weighted by Gasteiger charge is -2.28. The van der Waals surface area contributed by atoms with Gasteiger partial charge in [0.05, 0.1) is 22.2 Å². The molecule has 0 saturated heterocycles. The molecule has 0 saturated carbocycles. The number of rotatable bonds is 3. The Morgan fingerprint density at radius 3 is 2.79 bits per heavy atom. The van der Waals surface area contributed by atoms with E-state index in [9.17, 15) is 9.18 Å². The van der Waals surface area contributed by atoms with Crippen molar-refractivity contribution in [2.24, 2.45) is 0 Å². The maximum atomic E-state index is 13.2. The third-order valence-electron chi connectivity index (χ3n) is 3.80. The molecule has 0 bridgehead atoms. The van der Waals surface area contributed by atoms with E-state index in [4.69, 9.17) is 16.1 Å². The van der Waals surface area contributed by atoms with Crippen molar-refractivity contribution in [3.05, 3.63) is 58.1 Å². The summed E-state index contributed by atoms with van der Waals surface area (Å²) in [5.41, 5.74) is 1.24. The molecule has 3 aromatic rings. The third kappa shape index (κ3) is 2.97. The fourth-order valence-corrected chi connectivity index (χ4v) is 2.89. The van der Waals surface area contributed by atoms with E-state index in [1.807, 2.05) is 0 Å². The van der Waals surface area contributed by atoms with E-state index in [2.05, 4.69) is 15.5 Å². The quantitative estimate of drug-likeness (QED) is 0.777. The summed E-state index contributed by atoms with van der Waals surface area (Å²) in [7, 11) is 0. The average molecular weight is 348 g/mol. The highest BCUT2D eigenvalue weighted by molar-refractivity contribution is 6.31. The molecule has 2 aromatic heterocycles. The van der Waals surface area contributed by atoms with Gasteiger partial charge in [0.25, 0.3) is 11.6 Å². The Hall–Kier alpha value is -2.47. The molecule has 0 radical (unpaired) electrons. The van der Waals surface area contributed by atoms with Gasteiger partial charge in [-0.05, 0) is 44.5 Å². The van der Waals surface area contributed by atoms with Crippen molar-refractivity contribution in [1.29, 1.82) is 0 Å². The first-order chi connectivity index (χ1) is 11.3. The zero-order valence-corrected chi connectivity index (χ0v) is 14.1. The standard InChI is InChI=1S/C17H15ClFN3O2/c1-9-12-6-10(8-20-16(12)24-22-9)15(23)21-17(2,3)13-5-4-11(19)7-14(13)18/h4-8H,1-3H3,(H,21,23). The molecule has 0 aliphatic heterocycles. The Kier molecular flexibility index (Phi) is 4.01. The molecule has 1 aromatic carbocycles. The van der Waals surface area contributed by atoms with Gasteiger partial charge in [-0.2, -0.15) is 0 Å². The number of carbonyl (C=O) groups excluding carboxylic acids is 1. The lowest BCUT2D eigenvalue weighted by atomic mass is 9.93. The first-order valence-corrected chi connectivity index (χ1v) is 7.66. The molecule has 1 N–H and O–H groups in total. The average Bonchev–Trinajstić information content (AvgIpc) is 2.87. The van der Waals surface area contributed by atoms with E-state index in [0.717, 1.165) is 0 Å². The number of carbonyl (C=O) groups is 1. The second kappa shape index (κ2) is 5.87. The summed E-state index contributed by atoms with van der Waals surface area (Å²) in [6.07, 6.45) is 1.42. The van der Waals surface area contributed by atoms with Crippen LogP contribution in [0.1, 0.15) is 35.5 Å². The van der Waals surface area contributed by atoms with Crippen LogP contribution in [0.5, 0.6) is 0 Å². The maximum absolute atomic E-state index is 13.2. The van der Waals surface area contributed by atoms with Crippen LogP contribution in [-0.4, -0.2) is 16.0 Å². The van der Waals surface area contributed by atoms with Gasteiger partial charge in [-0.25, -0.2) is 9.37 Å². The number of halogens is 2. The zero-order chi connectivity index (χ0) is 17.5.